The van der Waals surface area contributed by atoms with Crippen LogP contribution in [0.3, 0.4) is 0 Å². The van der Waals surface area contributed by atoms with Gasteiger partial charge >= 0.3 is 0 Å². The molecule has 14 heteroatoms. The zero-order valence-electron chi connectivity index (χ0n) is 19.5. The van der Waals surface area contributed by atoms with Crippen LogP contribution in [0, 0.1) is 33.1 Å². The average molecular weight is 514 g/mol. The number of nitrogens with one attached hydrogen (secondary N) is 3. The molecule has 3 rings (SSSR count). The van der Waals surface area contributed by atoms with Crippen LogP contribution in [0.25, 0.3) is 0 Å². The third-order valence-corrected chi connectivity index (χ3v) is 5.93. The quantitative estimate of drug-likeness (QED) is 0.206. The maximum Gasteiger partial charge on any atom is 0.271 e. The molecular formula is C22H23N7O6S. The number of benzene rings is 2. The summed E-state index contributed by atoms with van der Waals surface area (Å²) in [6, 6.07) is 9.03. The van der Waals surface area contributed by atoms with Crippen molar-refractivity contribution in [3.63, 3.8) is 0 Å². The number of carbonyl (C=O) groups is 2. The minimum Gasteiger partial charge on any atom is -0.342 e. The van der Waals surface area contributed by atoms with Crippen LogP contribution in [-0.4, -0.2) is 42.6 Å². The summed E-state index contributed by atoms with van der Waals surface area (Å²) in [6.45, 7) is 5.45. The van der Waals surface area contributed by atoms with Gasteiger partial charge in [0, 0.05) is 29.8 Å². The number of aromatic nitrogens is 3. The van der Waals surface area contributed by atoms with Gasteiger partial charge in [-0.05, 0) is 24.5 Å². The maximum atomic E-state index is 12.7. The van der Waals surface area contributed by atoms with Crippen LogP contribution < -0.4 is 10.6 Å². The first kappa shape index (κ1) is 26.3. The van der Waals surface area contributed by atoms with Crippen molar-refractivity contribution in [1.29, 1.82) is 0 Å². The molecule has 0 bridgehead atoms. The van der Waals surface area contributed by atoms with Gasteiger partial charge in [0.1, 0.15) is 5.82 Å². The fourth-order valence-electron chi connectivity index (χ4n) is 3.17. The number of nitro benzene ring substituents is 2. The smallest absolute Gasteiger partial charge is 0.271 e. The number of hydrogen-bond acceptors (Lipinski definition) is 9. The Hall–Kier alpha value is -4.33. The molecular weight excluding hydrogens is 490 g/mol. The lowest BCUT2D eigenvalue weighted by Crippen LogP contribution is -2.32. The summed E-state index contributed by atoms with van der Waals surface area (Å²) >= 11 is 1.05. The summed E-state index contributed by atoms with van der Waals surface area (Å²) in [5, 5.41) is 34.5. The first-order valence-corrected chi connectivity index (χ1v) is 11.7. The topological polar surface area (TPSA) is 186 Å². The van der Waals surface area contributed by atoms with E-state index in [1.54, 1.807) is 13.0 Å². The van der Waals surface area contributed by atoms with Crippen molar-refractivity contribution in [2.75, 3.05) is 11.1 Å². The van der Waals surface area contributed by atoms with Crippen LogP contribution in [0.4, 0.5) is 17.1 Å². The van der Waals surface area contributed by atoms with E-state index in [9.17, 15) is 29.8 Å². The summed E-state index contributed by atoms with van der Waals surface area (Å²) in [6.07, 6.45) is 0. The number of aromatic amines is 1. The van der Waals surface area contributed by atoms with E-state index in [1.165, 1.54) is 36.4 Å². The van der Waals surface area contributed by atoms with Gasteiger partial charge in [-0.25, -0.2) is 4.98 Å². The summed E-state index contributed by atoms with van der Waals surface area (Å²) in [4.78, 5) is 50.3. The highest BCUT2D eigenvalue weighted by Crippen LogP contribution is 2.24. The molecule has 0 aliphatic carbocycles. The number of nitrogens with zero attached hydrogens (tertiary/aromatic N) is 4. The van der Waals surface area contributed by atoms with Crippen molar-refractivity contribution in [3.8, 4) is 0 Å². The molecule has 0 fully saturated rings. The second-order valence-electron chi connectivity index (χ2n) is 8.10. The van der Waals surface area contributed by atoms with Gasteiger partial charge in [0.15, 0.2) is 0 Å². The maximum absolute atomic E-state index is 12.7. The Balaban J connectivity index is 1.64. The van der Waals surface area contributed by atoms with Crippen molar-refractivity contribution in [3.05, 3.63) is 79.6 Å². The van der Waals surface area contributed by atoms with Crippen molar-refractivity contribution in [2.24, 2.45) is 5.92 Å². The molecule has 3 aromatic rings. The van der Waals surface area contributed by atoms with E-state index in [0.717, 1.165) is 11.8 Å². The molecule has 2 amide bonds. The van der Waals surface area contributed by atoms with Crippen LogP contribution in [0.2, 0.25) is 0 Å². The molecule has 1 heterocycles. The highest BCUT2D eigenvalue weighted by atomic mass is 32.2. The number of anilines is 1. The second-order valence-corrected chi connectivity index (χ2v) is 9.04. The fraction of sp³-hybridized carbons (Fsp3) is 0.273. The van der Waals surface area contributed by atoms with Crippen LogP contribution in [0.15, 0.2) is 47.6 Å². The van der Waals surface area contributed by atoms with Crippen molar-refractivity contribution < 1.29 is 19.4 Å². The average Bonchev–Trinajstić information content (AvgIpc) is 3.30. The van der Waals surface area contributed by atoms with Gasteiger partial charge in [0.25, 0.3) is 17.3 Å². The molecule has 0 saturated carbocycles. The molecule has 0 aliphatic rings. The van der Waals surface area contributed by atoms with Crippen LogP contribution in [-0.2, 0) is 4.79 Å². The second kappa shape index (κ2) is 11.4. The Kier molecular flexibility index (Phi) is 8.32. The first-order chi connectivity index (χ1) is 17.0. The summed E-state index contributed by atoms with van der Waals surface area (Å²) in [5.74, 6) is -0.685. The van der Waals surface area contributed by atoms with E-state index < -0.39 is 27.7 Å². The lowest BCUT2D eigenvalue weighted by molar-refractivity contribution is -0.385. The summed E-state index contributed by atoms with van der Waals surface area (Å²) in [7, 11) is 0. The Morgan fingerprint density at radius 2 is 1.78 bits per heavy atom. The van der Waals surface area contributed by atoms with Gasteiger partial charge in [0.05, 0.1) is 27.3 Å². The van der Waals surface area contributed by atoms with Gasteiger partial charge in [-0.3, -0.25) is 34.9 Å². The molecule has 1 aromatic heterocycles. The number of carbonyl (C=O) groups excluding carboxylic acids is 2. The fourth-order valence-corrected chi connectivity index (χ4v) is 3.78. The van der Waals surface area contributed by atoms with Crippen molar-refractivity contribution in [2.45, 2.75) is 32.0 Å². The number of nitro groups is 2. The van der Waals surface area contributed by atoms with Crippen LogP contribution in [0.5, 0.6) is 0 Å². The molecule has 1 atom stereocenters. The minimum absolute atomic E-state index is 0.0498. The molecule has 188 valence electrons. The van der Waals surface area contributed by atoms with Crippen LogP contribution >= 0.6 is 11.8 Å². The monoisotopic (exact) mass is 513 g/mol. The van der Waals surface area contributed by atoms with Crippen molar-refractivity contribution >= 4 is 40.6 Å². The van der Waals surface area contributed by atoms with Gasteiger partial charge < -0.3 is 10.6 Å². The van der Waals surface area contributed by atoms with E-state index in [2.05, 4.69) is 25.8 Å². The largest absolute Gasteiger partial charge is 0.342 e. The molecule has 13 nitrogen and oxygen atoms in total. The van der Waals surface area contributed by atoms with E-state index >= 15 is 0 Å². The lowest BCUT2D eigenvalue weighted by Gasteiger charge is -2.19. The number of non-ortho nitro benzene ring substituents is 2. The number of aryl methyl sites for hydroxylation is 1. The zero-order chi connectivity index (χ0) is 26.4. The summed E-state index contributed by atoms with van der Waals surface area (Å²) in [5.41, 5.74) is 0.833. The van der Waals surface area contributed by atoms with E-state index in [1.807, 2.05) is 13.8 Å². The number of thioether (sulfide) groups is 1. The first-order valence-electron chi connectivity index (χ1n) is 10.7. The van der Waals surface area contributed by atoms with E-state index in [-0.39, 0.29) is 33.8 Å². The van der Waals surface area contributed by atoms with Crippen molar-refractivity contribution in [1.82, 2.24) is 20.5 Å². The molecule has 3 N–H and O–H groups in total. The Morgan fingerprint density at radius 3 is 2.44 bits per heavy atom. The number of rotatable bonds is 10. The molecule has 0 saturated heterocycles. The number of hydrogen-bond donors (Lipinski definition) is 3. The predicted octanol–water partition coefficient (Wildman–Crippen LogP) is 3.79. The predicted molar refractivity (Wildman–Crippen MR) is 132 cm³/mol. The number of H-pyrrole nitrogens is 1. The van der Waals surface area contributed by atoms with Crippen LogP contribution in [0.1, 0.15) is 41.6 Å². The van der Waals surface area contributed by atoms with Gasteiger partial charge in [-0.1, -0.05) is 37.7 Å². The van der Waals surface area contributed by atoms with E-state index in [0.29, 0.717) is 17.1 Å². The highest BCUT2D eigenvalue weighted by molar-refractivity contribution is 7.99. The minimum atomic E-state index is -0.576. The SMILES string of the molecule is Cc1ccc([N+](=O)[O-])cc1NC(=O)CSc1n[nH]c([C@H](NC(=O)c2cccc([N+](=O)[O-])c2)C(C)C)n1. The normalized spacial score (nSPS) is 11.7. The standard InChI is InChI=1S/C22H23N7O6S/c1-12(2)19(24-21(31)14-5-4-6-15(9-14)28(32)33)20-25-22(27-26-20)36-11-18(30)23-17-10-16(29(34)35)8-7-13(17)3/h4-10,12,19H,11H2,1-3H3,(H,23,30)(H,24,31)(H,25,26,27)/t19-/m1/s1. The van der Waals surface area contributed by atoms with Gasteiger partial charge in [0.2, 0.25) is 11.1 Å². The Labute approximate surface area is 209 Å². The lowest BCUT2D eigenvalue weighted by atomic mass is 10.0. The van der Waals surface area contributed by atoms with Gasteiger partial charge in [-0.15, -0.1) is 5.10 Å². The number of amides is 2. The molecule has 36 heavy (non-hydrogen) atoms. The Morgan fingerprint density at radius 1 is 1.08 bits per heavy atom. The zero-order valence-corrected chi connectivity index (χ0v) is 20.4. The van der Waals surface area contributed by atoms with E-state index in [4.69, 9.17) is 0 Å². The molecule has 2 aromatic carbocycles. The molecule has 0 unspecified atom stereocenters. The molecule has 0 spiro atoms. The molecule has 0 radical (unpaired) electrons. The van der Waals surface area contributed by atoms with Gasteiger partial charge in [-0.2, -0.15) is 0 Å². The summed E-state index contributed by atoms with van der Waals surface area (Å²) < 4.78 is 0. The third-order valence-electron chi connectivity index (χ3n) is 5.09. The highest BCUT2D eigenvalue weighted by Gasteiger charge is 2.24. The molecule has 0 aliphatic heterocycles. The Bertz CT molecular complexity index is 1310. The third kappa shape index (κ3) is 6.63.